The van der Waals surface area contributed by atoms with E-state index < -0.39 is 0 Å². The smallest absolute Gasteiger partial charge is 0.254 e. The fraction of sp³-hybridized carbons (Fsp3) is 0.391. The zero-order valence-corrected chi connectivity index (χ0v) is 16.1. The lowest BCUT2D eigenvalue weighted by atomic mass is 9.89. The molecule has 0 aliphatic carbocycles. The first-order chi connectivity index (χ1) is 13.7. The van der Waals surface area contributed by atoms with Gasteiger partial charge in [0.15, 0.2) is 0 Å². The summed E-state index contributed by atoms with van der Waals surface area (Å²) in [5.74, 6) is 0.298. The summed E-state index contributed by atoms with van der Waals surface area (Å²) >= 11 is 0. The van der Waals surface area contributed by atoms with Crippen LogP contribution in [0.1, 0.15) is 52.7 Å². The van der Waals surface area contributed by atoms with Gasteiger partial charge in [-0.25, -0.2) is 0 Å². The third-order valence-corrected chi connectivity index (χ3v) is 5.74. The second-order valence-electron chi connectivity index (χ2n) is 7.67. The summed E-state index contributed by atoms with van der Waals surface area (Å²) in [5.41, 5.74) is 2.97. The van der Waals surface area contributed by atoms with Crippen LogP contribution in [0.15, 0.2) is 54.6 Å². The molecule has 2 N–H and O–H groups in total. The van der Waals surface area contributed by atoms with Crippen molar-refractivity contribution in [3.8, 4) is 0 Å². The molecule has 146 valence electrons. The largest absolute Gasteiger partial charge is 0.355 e. The molecule has 0 saturated carbocycles. The highest BCUT2D eigenvalue weighted by Gasteiger charge is 2.31. The summed E-state index contributed by atoms with van der Waals surface area (Å²) < 4.78 is 0. The van der Waals surface area contributed by atoms with Gasteiger partial charge in [0.05, 0.1) is 0 Å². The normalized spacial score (nSPS) is 23.6. The Balaban J connectivity index is 1.55. The molecular weight excluding hydrogens is 350 g/mol. The van der Waals surface area contributed by atoms with Crippen molar-refractivity contribution in [1.82, 2.24) is 15.5 Å². The van der Waals surface area contributed by atoms with Gasteiger partial charge in [0, 0.05) is 43.6 Å². The molecule has 28 heavy (non-hydrogen) atoms. The van der Waals surface area contributed by atoms with E-state index in [1.54, 1.807) is 0 Å². The van der Waals surface area contributed by atoms with Gasteiger partial charge < -0.3 is 15.5 Å². The zero-order valence-electron chi connectivity index (χ0n) is 16.1. The van der Waals surface area contributed by atoms with Gasteiger partial charge in [0.2, 0.25) is 5.91 Å². The number of amides is 2. The van der Waals surface area contributed by atoms with E-state index in [-0.39, 0.29) is 23.8 Å². The quantitative estimate of drug-likeness (QED) is 0.803. The van der Waals surface area contributed by atoms with E-state index in [0.29, 0.717) is 19.5 Å². The number of carbonyl (C=O) groups excluding carboxylic acids is 2. The van der Waals surface area contributed by atoms with Crippen molar-refractivity contribution in [2.45, 2.75) is 31.2 Å². The van der Waals surface area contributed by atoms with Crippen LogP contribution in [0.25, 0.3) is 0 Å². The standard InChI is InChI=1S/C23H27N3O2/c27-22-14-21(17-8-2-1-3-9-17)24-12-6-7-13-26-16-18(15-25-22)19-10-4-5-11-20(19)23(26)28/h1-5,8-11,18,21,24H,6-7,12-16H2,(H,25,27)/t18-,21+/m1/s1. The minimum Gasteiger partial charge on any atom is -0.355 e. The monoisotopic (exact) mass is 377 g/mol. The third kappa shape index (κ3) is 4.09. The van der Waals surface area contributed by atoms with Gasteiger partial charge in [-0.15, -0.1) is 0 Å². The summed E-state index contributed by atoms with van der Waals surface area (Å²) in [5, 5.41) is 6.64. The van der Waals surface area contributed by atoms with E-state index in [2.05, 4.69) is 22.8 Å². The van der Waals surface area contributed by atoms with Crippen LogP contribution in [0, 0.1) is 0 Å². The molecule has 1 fully saturated rings. The second kappa shape index (κ2) is 8.57. The maximum absolute atomic E-state index is 12.8. The topological polar surface area (TPSA) is 61.4 Å². The van der Waals surface area contributed by atoms with Crippen molar-refractivity contribution in [1.29, 1.82) is 0 Å². The van der Waals surface area contributed by atoms with Gasteiger partial charge in [-0.1, -0.05) is 48.5 Å². The fourth-order valence-electron chi connectivity index (χ4n) is 4.22. The maximum Gasteiger partial charge on any atom is 0.254 e. The molecule has 2 amide bonds. The van der Waals surface area contributed by atoms with Crippen molar-refractivity contribution < 1.29 is 9.59 Å². The Bertz CT molecular complexity index is 837. The Morgan fingerprint density at radius 1 is 0.929 bits per heavy atom. The molecule has 1 saturated heterocycles. The first-order valence-electron chi connectivity index (χ1n) is 10.2. The van der Waals surface area contributed by atoms with E-state index >= 15 is 0 Å². The van der Waals surface area contributed by atoms with Gasteiger partial charge in [-0.2, -0.15) is 0 Å². The molecule has 0 radical (unpaired) electrons. The molecule has 5 nitrogen and oxygen atoms in total. The molecular formula is C23H27N3O2. The third-order valence-electron chi connectivity index (χ3n) is 5.74. The molecule has 2 aliphatic heterocycles. The van der Waals surface area contributed by atoms with Crippen LogP contribution >= 0.6 is 0 Å². The molecule has 2 aliphatic rings. The molecule has 2 atom stereocenters. The number of nitrogens with one attached hydrogen (secondary N) is 2. The van der Waals surface area contributed by atoms with Crippen LogP contribution in [-0.2, 0) is 4.79 Å². The van der Waals surface area contributed by atoms with Gasteiger partial charge in [-0.3, -0.25) is 9.59 Å². The van der Waals surface area contributed by atoms with Crippen LogP contribution in [0.3, 0.4) is 0 Å². The molecule has 0 unspecified atom stereocenters. The van der Waals surface area contributed by atoms with Crippen molar-refractivity contribution in [3.05, 3.63) is 71.3 Å². The Hall–Kier alpha value is -2.66. The van der Waals surface area contributed by atoms with Crippen LogP contribution in [0.5, 0.6) is 0 Å². The Labute approximate surface area is 166 Å². The predicted octanol–water partition coefficient (Wildman–Crippen LogP) is 2.86. The number of carbonyl (C=O) groups is 2. The molecule has 4 rings (SSSR count). The van der Waals surface area contributed by atoms with Crippen molar-refractivity contribution in [2.75, 3.05) is 26.2 Å². The van der Waals surface area contributed by atoms with Crippen molar-refractivity contribution in [2.24, 2.45) is 0 Å². The minimum atomic E-state index is 0.00977. The summed E-state index contributed by atoms with van der Waals surface area (Å²) in [4.78, 5) is 27.5. The average molecular weight is 377 g/mol. The summed E-state index contributed by atoms with van der Waals surface area (Å²) in [6, 6.07) is 18.0. The number of hydrogen-bond acceptors (Lipinski definition) is 3. The number of benzene rings is 2. The van der Waals surface area contributed by atoms with Crippen molar-refractivity contribution in [3.63, 3.8) is 0 Å². The Kier molecular flexibility index (Phi) is 5.72. The highest BCUT2D eigenvalue weighted by atomic mass is 16.2. The highest BCUT2D eigenvalue weighted by molar-refractivity contribution is 5.97. The van der Waals surface area contributed by atoms with Crippen LogP contribution < -0.4 is 10.6 Å². The lowest BCUT2D eigenvalue weighted by molar-refractivity contribution is -0.121. The molecule has 2 aromatic rings. The minimum absolute atomic E-state index is 0.00977. The van der Waals surface area contributed by atoms with E-state index in [4.69, 9.17) is 0 Å². The van der Waals surface area contributed by atoms with Crippen LogP contribution in [-0.4, -0.2) is 42.9 Å². The number of fused-ring (bicyclic) bond motifs is 4. The van der Waals surface area contributed by atoms with E-state index in [9.17, 15) is 9.59 Å². The fourth-order valence-corrected chi connectivity index (χ4v) is 4.22. The van der Waals surface area contributed by atoms with Crippen LogP contribution in [0.2, 0.25) is 0 Å². The first kappa shape index (κ1) is 18.7. The molecule has 5 heteroatoms. The van der Waals surface area contributed by atoms with Crippen molar-refractivity contribution >= 4 is 11.8 Å². The Morgan fingerprint density at radius 2 is 1.71 bits per heavy atom. The number of rotatable bonds is 1. The number of nitrogens with zero attached hydrogens (tertiary/aromatic N) is 1. The van der Waals surface area contributed by atoms with E-state index in [1.165, 1.54) is 0 Å². The van der Waals surface area contributed by atoms with Gasteiger partial charge >= 0.3 is 0 Å². The molecule has 2 heterocycles. The van der Waals surface area contributed by atoms with E-state index in [1.807, 2.05) is 47.4 Å². The molecule has 0 aromatic heterocycles. The molecule has 2 aromatic carbocycles. The highest BCUT2D eigenvalue weighted by Crippen LogP contribution is 2.28. The van der Waals surface area contributed by atoms with Gasteiger partial charge in [0.1, 0.15) is 0 Å². The molecule has 2 bridgehead atoms. The van der Waals surface area contributed by atoms with Crippen LogP contribution in [0.4, 0.5) is 0 Å². The summed E-state index contributed by atoms with van der Waals surface area (Å²) in [7, 11) is 0. The van der Waals surface area contributed by atoms with Gasteiger partial charge in [-0.05, 0) is 36.6 Å². The average Bonchev–Trinajstić information content (AvgIpc) is 2.75. The summed E-state index contributed by atoms with van der Waals surface area (Å²) in [6.07, 6.45) is 2.35. The van der Waals surface area contributed by atoms with Gasteiger partial charge in [0.25, 0.3) is 5.91 Å². The number of hydrogen-bond donors (Lipinski definition) is 2. The molecule has 0 spiro atoms. The Morgan fingerprint density at radius 3 is 2.57 bits per heavy atom. The summed E-state index contributed by atoms with van der Waals surface area (Å²) in [6.45, 7) is 2.82. The first-order valence-corrected chi connectivity index (χ1v) is 10.2. The predicted molar refractivity (Wildman–Crippen MR) is 109 cm³/mol. The second-order valence-corrected chi connectivity index (χ2v) is 7.67. The zero-order chi connectivity index (χ0) is 19.3. The maximum atomic E-state index is 12.8. The lowest BCUT2D eigenvalue weighted by Crippen LogP contribution is -2.43. The SMILES string of the molecule is O=C1C[C@@H](c2ccccc2)NCCCCN2C[C@@H](CN1)c1ccccc1C2=O. The lowest BCUT2D eigenvalue weighted by Gasteiger charge is -2.34. The van der Waals surface area contributed by atoms with E-state index in [0.717, 1.165) is 42.6 Å².